The Morgan fingerprint density at radius 2 is 1.89 bits per heavy atom. The minimum absolute atomic E-state index is 0.0582. The Bertz CT molecular complexity index is 2540. The van der Waals surface area contributed by atoms with Crippen LogP contribution in [0, 0.1) is 40.9 Å². The zero-order valence-electron chi connectivity index (χ0n) is 37.7. The maximum atomic E-state index is 14.5. The molecule has 3 saturated heterocycles. The Morgan fingerprint density at radius 3 is 2.66 bits per heavy atom. The molecule has 0 spiro atoms. The van der Waals surface area contributed by atoms with Crippen molar-refractivity contribution in [3.8, 4) is 40.1 Å². The molecule has 5 aliphatic heterocycles. The lowest BCUT2D eigenvalue weighted by molar-refractivity contribution is -0.171. The summed E-state index contributed by atoms with van der Waals surface area (Å²) in [7, 11) is 1.71. The van der Waals surface area contributed by atoms with Crippen LogP contribution >= 0.6 is 11.3 Å². The van der Waals surface area contributed by atoms with Gasteiger partial charge in [0.15, 0.2) is 0 Å². The number of hydrazine groups is 1. The second-order valence-corrected chi connectivity index (χ2v) is 20.5. The number of benzene rings is 1. The highest BCUT2D eigenvalue weighted by Gasteiger charge is 2.53. The number of cyclic esters (lactones) is 1. The van der Waals surface area contributed by atoms with Crippen molar-refractivity contribution in [2.75, 3.05) is 53.2 Å². The Labute approximate surface area is 378 Å². The van der Waals surface area contributed by atoms with Gasteiger partial charge in [0.1, 0.15) is 17.8 Å². The summed E-state index contributed by atoms with van der Waals surface area (Å²) in [5, 5.41) is 8.51. The van der Waals surface area contributed by atoms with Crippen molar-refractivity contribution >= 4 is 40.0 Å². The summed E-state index contributed by atoms with van der Waals surface area (Å²) in [6, 6.07) is 4.85. The van der Waals surface area contributed by atoms with Crippen LogP contribution < -0.4 is 15.5 Å². The van der Waals surface area contributed by atoms with E-state index in [0.717, 1.165) is 80.5 Å². The summed E-state index contributed by atoms with van der Waals surface area (Å²) in [6.45, 7) is 15.6. The maximum Gasteiger partial charge on any atom is 0.325 e. The largest absolute Gasteiger partial charge is 0.491 e. The number of thiazole rings is 1. The van der Waals surface area contributed by atoms with Crippen molar-refractivity contribution < 1.29 is 33.3 Å². The molecular formula is C49H59N7O7S. The minimum Gasteiger partial charge on any atom is -0.491 e. The number of carbonyl (C=O) groups is 3. The number of pyridine rings is 1. The summed E-state index contributed by atoms with van der Waals surface area (Å²) >= 11 is 1.48. The highest BCUT2D eigenvalue weighted by Crippen LogP contribution is 2.48. The van der Waals surface area contributed by atoms with Crippen molar-refractivity contribution in [2.24, 2.45) is 29.1 Å². The van der Waals surface area contributed by atoms with Gasteiger partial charge in [0.05, 0.1) is 66.7 Å². The van der Waals surface area contributed by atoms with Crippen LogP contribution in [0.5, 0.6) is 5.75 Å². The number of aryl methyl sites for hydroxylation is 1. The highest BCUT2D eigenvalue weighted by atomic mass is 32.1. The number of rotatable bonds is 6. The van der Waals surface area contributed by atoms with Gasteiger partial charge in [0, 0.05) is 84.2 Å². The van der Waals surface area contributed by atoms with Gasteiger partial charge in [-0.05, 0) is 74.1 Å². The molecule has 0 radical (unpaired) electrons. The first-order valence-electron chi connectivity index (χ1n) is 23.0. The van der Waals surface area contributed by atoms with E-state index in [-0.39, 0.29) is 66.6 Å². The first-order chi connectivity index (χ1) is 30.9. The quantitative estimate of drug-likeness (QED) is 0.186. The van der Waals surface area contributed by atoms with Gasteiger partial charge in [-0.2, -0.15) is 0 Å². The fraction of sp³-hybridized carbons (Fsp3) is 0.571. The van der Waals surface area contributed by atoms with Crippen LogP contribution in [-0.2, 0) is 48.0 Å². The molecule has 1 unspecified atom stereocenters. The van der Waals surface area contributed by atoms with Crippen molar-refractivity contribution in [1.29, 1.82) is 0 Å². The van der Waals surface area contributed by atoms with Crippen LogP contribution in [0.3, 0.4) is 0 Å². The summed E-state index contributed by atoms with van der Waals surface area (Å²) in [4.78, 5) is 54.8. The van der Waals surface area contributed by atoms with Crippen LogP contribution in [0.25, 0.3) is 33.4 Å². The number of hydrogen-bond donors (Lipinski definition) is 2. The van der Waals surface area contributed by atoms with E-state index in [1.165, 1.54) is 11.3 Å². The monoisotopic (exact) mass is 889 g/mol. The van der Waals surface area contributed by atoms with Gasteiger partial charge in [-0.25, -0.2) is 10.4 Å². The highest BCUT2D eigenvalue weighted by molar-refractivity contribution is 7.10. The van der Waals surface area contributed by atoms with Crippen LogP contribution in [-0.4, -0.2) is 114 Å². The Hall–Kier alpha value is -4.85. The Kier molecular flexibility index (Phi) is 11.6. The summed E-state index contributed by atoms with van der Waals surface area (Å²) in [5.74, 6) is 7.25. The molecule has 8 bridgehead atoms. The number of amides is 2. The molecule has 4 aromatic rings. The van der Waals surface area contributed by atoms with Gasteiger partial charge in [-0.1, -0.05) is 39.5 Å². The van der Waals surface area contributed by atoms with Gasteiger partial charge < -0.3 is 28.8 Å². The third-order valence-electron chi connectivity index (χ3n) is 14.5. The van der Waals surface area contributed by atoms with Crippen LogP contribution in [0.2, 0.25) is 0 Å². The molecule has 14 nitrogen and oxygen atoms in total. The third kappa shape index (κ3) is 8.10. The topological polar surface area (TPSA) is 149 Å². The molecule has 2 aliphatic carbocycles. The fourth-order valence-electron chi connectivity index (χ4n) is 10.4. The number of fused-ring (bicyclic) bond motifs is 4. The van der Waals surface area contributed by atoms with Crippen LogP contribution in [0.15, 0.2) is 29.8 Å². The predicted molar refractivity (Wildman–Crippen MR) is 242 cm³/mol. The lowest BCUT2D eigenvalue weighted by atomic mass is 9.73. The van der Waals surface area contributed by atoms with Gasteiger partial charge in [0.2, 0.25) is 5.91 Å². The molecule has 8 heterocycles. The van der Waals surface area contributed by atoms with E-state index in [1.807, 2.05) is 18.5 Å². The van der Waals surface area contributed by atoms with Crippen molar-refractivity contribution in [2.45, 2.75) is 97.5 Å². The number of methoxy groups -OCH3 is 1. The zero-order valence-corrected chi connectivity index (χ0v) is 38.5. The van der Waals surface area contributed by atoms with Crippen molar-refractivity contribution in [3.63, 3.8) is 0 Å². The van der Waals surface area contributed by atoms with Crippen molar-refractivity contribution in [3.05, 3.63) is 51.6 Å². The van der Waals surface area contributed by atoms with E-state index in [0.29, 0.717) is 52.2 Å². The Morgan fingerprint density at radius 1 is 1.09 bits per heavy atom. The Balaban J connectivity index is 1.11. The van der Waals surface area contributed by atoms with Gasteiger partial charge in [-0.15, -0.1) is 11.3 Å². The molecule has 3 aromatic heterocycles. The smallest absolute Gasteiger partial charge is 0.325 e. The molecule has 2 amide bonds. The molecule has 2 saturated carbocycles. The summed E-state index contributed by atoms with van der Waals surface area (Å²) < 4.78 is 26.8. The van der Waals surface area contributed by atoms with Gasteiger partial charge in [-0.3, -0.25) is 29.3 Å². The molecule has 7 aliphatic rings. The van der Waals surface area contributed by atoms with E-state index in [4.69, 9.17) is 28.9 Å². The van der Waals surface area contributed by atoms with E-state index in [2.05, 4.69) is 77.9 Å². The molecule has 2 N–H and O–H groups in total. The SMILES string of the molecule is CO[C@@H](C)c1ncc(C#CCN2CCOCC2)cc1-c1c2c3cc(cc4c3n1CCCO4)-c1csc(n1)C[C@H](NC(=O)C1[C@@H](C)[C@H]1C)C(=O)N1N[C@H](C(=O)OCC(C)(C)C2)C2CC1C2. The third-order valence-corrected chi connectivity index (χ3v) is 15.4. The number of nitrogens with zero attached hydrogens (tertiary/aromatic N) is 5. The molecular weight excluding hydrogens is 831 g/mol. The van der Waals surface area contributed by atoms with Gasteiger partial charge >= 0.3 is 5.97 Å². The first kappa shape index (κ1) is 43.1. The van der Waals surface area contributed by atoms with E-state index >= 15 is 0 Å². The standard InChI is InChI=1S/C49H59N7O7S/c1-27-28(2)41(27)46(57)52-37-22-40-51-38(25-64-40)31-20-34-36(23-49(4,5)26-63-48(59)43-32-18-33(19-32)56(53-43)47(37)58)44(55-11-8-14-62-39(21-31)45(34)55)35-17-30(24-50-42(35)29(3)60-6)9-7-10-54-12-15-61-16-13-54/h17,20-21,24-25,27-29,32-33,37,41,43,53H,8,10-16,18-19,22-23,26H2,1-6H3,(H,52,57)/t27-,28+,29-,32?,33?,37-,41?,43-/m0/s1. The molecule has 6 atom stereocenters. The molecule has 5 fully saturated rings. The van der Waals surface area contributed by atoms with Gasteiger partial charge in [0.25, 0.3) is 5.91 Å². The fourth-order valence-corrected chi connectivity index (χ4v) is 11.3. The summed E-state index contributed by atoms with van der Waals surface area (Å²) in [5.41, 5.74) is 10.1. The van der Waals surface area contributed by atoms with E-state index in [9.17, 15) is 14.4 Å². The second-order valence-electron chi connectivity index (χ2n) is 19.6. The number of aromatic nitrogens is 3. The number of hydrogen-bond acceptors (Lipinski definition) is 12. The number of esters is 1. The predicted octanol–water partition coefficient (Wildman–Crippen LogP) is 5.55. The number of ether oxygens (including phenoxy) is 4. The maximum absolute atomic E-state index is 14.5. The molecule has 338 valence electrons. The minimum atomic E-state index is -0.860. The average molecular weight is 890 g/mol. The van der Waals surface area contributed by atoms with Crippen molar-refractivity contribution in [1.82, 2.24) is 35.2 Å². The lowest BCUT2D eigenvalue weighted by Crippen LogP contribution is -2.71. The van der Waals surface area contributed by atoms with E-state index in [1.54, 1.807) is 12.1 Å². The first-order valence-corrected chi connectivity index (χ1v) is 23.9. The molecule has 11 rings (SSSR count). The second kappa shape index (κ2) is 17.2. The molecule has 64 heavy (non-hydrogen) atoms. The number of morpholine rings is 1. The molecule has 15 heteroatoms. The number of nitrogens with one attached hydrogen (secondary N) is 2. The van der Waals surface area contributed by atoms with Crippen LogP contribution in [0.4, 0.5) is 0 Å². The zero-order chi connectivity index (χ0) is 44.4. The number of carbonyl (C=O) groups excluding carboxylic acids is 3. The summed E-state index contributed by atoms with van der Waals surface area (Å²) in [6.07, 6.45) is 4.49. The molecule has 1 aromatic carbocycles. The lowest BCUT2D eigenvalue weighted by Gasteiger charge is -2.53. The average Bonchev–Trinajstić information content (AvgIpc) is 3.54. The van der Waals surface area contributed by atoms with E-state index < -0.39 is 17.5 Å². The van der Waals surface area contributed by atoms with Crippen LogP contribution in [0.1, 0.15) is 81.8 Å². The normalized spacial score (nSPS) is 28.1.